The highest BCUT2D eigenvalue weighted by molar-refractivity contribution is 5.71. The van der Waals surface area contributed by atoms with E-state index in [1.54, 1.807) is 0 Å². The summed E-state index contributed by atoms with van der Waals surface area (Å²) in [4.78, 5) is 11.2. The van der Waals surface area contributed by atoms with E-state index in [9.17, 15) is 4.79 Å². The molecule has 1 unspecified atom stereocenters. The maximum atomic E-state index is 11.2. The van der Waals surface area contributed by atoms with Crippen molar-refractivity contribution in [3.8, 4) is 0 Å². The van der Waals surface area contributed by atoms with Crippen LogP contribution in [0.4, 0.5) is 0 Å². The van der Waals surface area contributed by atoms with Crippen LogP contribution in [0.1, 0.15) is 84.5 Å². The van der Waals surface area contributed by atoms with Gasteiger partial charge in [-0.25, -0.2) is 0 Å². The van der Waals surface area contributed by atoms with Gasteiger partial charge >= 0.3 is 5.97 Å². The van der Waals surface area contributed by atoms with E-state index >= 15 is 0 Å². The number of allylic oxidation sites excluding steroid dienone is 4. The topological polar surface area (TPSA) is 26.3 Å². The molecule has 0 amide bonds. The zero-order chi connectivity index (χ0) is 16.5. The van der Waals surface area contributed by atoms with E-state index in [1.807, 2.05) is 6.92 Å². The first kappa shape index (κ1) is 20.9. The monoisotopic (exact) mass is 308 g/mol. The fraction of sp³-hybridized carbons (Fsp3) is 0.750. The van der Waals surface area contributed by atoms with Gasteiger partial charge in [-0.1, -0.05) is 70.3 Å². The van der Waals surface area contributed by atoms with E-state index in [4.69, 9.17) is 4.74 Å². The summed E-state index contributed by atoms with van der Waals surface area (Å²) >= 11 is 0. The molecule has 22 heavy (non-hydrogen) atoms. The van der Waals surface area contributed by atoms with Crippen molar-refractivity contribution < 1.29 is 9.53 Å². The molecule has 0 aromatic rings. The lowest BCUT2D eigenvalue weighted by Gasteiger charge is -2.07. The molecule has 0 rings (SSSR count). The lowest BCUT2D eigenvalue weighted by molar-refractivity contribution is -0.145. The van der Waals surface area contributed by atoms with Gasteiger partial charge in [-0.15, -0.1) is 0 Å². The molecule has 0 radical (unpaired) electrons. The SMILES string of the molecule is CCCCC/C=C\C/C=C\CCCCCCC(C)C(=O)OC. The van der Waals surface area contributed by atoms with Crippen LogP contribution in [0.5, 0.6) is 0 Å². The fourth-order valence-corrected chi connectivity index (χ4v) is 2.40. The Morgan fingerprint density at radius 3 is 2.09 bits per heavy atom. The molecule has 0 aromatic heterocycles. The molecular formula is C20H36O2. The Bertz CT molecular complexity index is 305. The van der Waals surface area contributed by atoms with Crippen LogP contribution in [0.25, 0.3) is 0 Å². The smallest absolute Gasteiger partial charge is 0.308 e. The number of esters is 1. The Kier molecular flexibility index (Phi) is 15.5. The molecule has 128 valence electrons. The third kappa shape index (κ3) is 13.9. The van der Waals surface area contributed by atoms with E-state index in [0.717, 1.165) is 19.3 Å². The van der Waals surface area contributed by atoms with Crippen LogP contribution in [0, 0.1) is 5.92 Å². The number of ether oxygens (including phenoxy) is 1. The van der Waals surface area contributed by atoms with E-state index < -0.39 is 0 Å². The molecule has 0 bridgehead atoms. The number of carbonyl (C=O) groups is 1. The van der Waals surface area contributed by atoms with Gasteiger partial charge in [0.15, 0.2) is 0 Å². The maximum absolute atomic E-state index is 11.2. The van der Waals surface area contributed by atoms with Crippen LogP contribution in [0.15, 0.2) is 24.3 Å². The summed E-state index contributed by atoms with van der Waals surface area (Å²) < 4.78 is 4.73. The summed E-state index contributed by atoms with van der Waals surface area (Å²) in [6.07, 6.45) is 22.4. The average Bonchev–Trinajstić information content (AvgIpc) is 2.54. The fourth-order valence-electron chi connectivity index (χ4n) is 2.40. The Labute approximate surface area is 138 Å². The molecule has 0 aliphatic carbocycles. The lowest BCUT2D eigenvalue weighted by atomic mass is 10.0. The molecule has 0 aliphatic heterocycles. The minimum Gasteiger partial charge on any atom is -0.469 e. The zero-order valence-corrected chi connectivity index (χ0v) is 15.0. The Hall–Kier alpha value is -1.05. The molecule has 0 N–H and O–H groups in total. The van der Waals surface area contributed by atoms with Gasteiger partial charge in [-0.05, 0) is 38.5 Å². The second kappa shape index (κ2) is 16.3. The molecule has 1 atom stereocenters. The second-order valence-electron chi connectivity index (χ2n) is 6.09. The quantitative estimate of drug-likeness (QED) is 0.216. The summed E-state index contributed by atoms with van der Waals surface area (Å²) in [6.45, 7) is 4.19. The van der Waals surface area contributed by atoms with Crippen molar-refractivity contribution in [1.29, 1.82) is 0 Å². The van der Waals surface area contributed by atoms with Gasteiger partial charge in [0.2, 0.25) is 0 Å². The first-order valence-corrected chi connectivity index (χ1v) is 9.10. The van der Waals surface area contributed by atoms with Crippen LogP contribution >= 0.6 is 0 Å². The summed E-state index contributed by atoms with van der Waals surface area (Å²) in [7, 11) is 1.46. The Balaban J connectivity index is 3.32. The predicted octanol–water partition coefficient (Wildman–Crippen LogP) is 6.22. The van der Waals surface area contributed by atoms with E-state index in [2.05, 4.69) is 31.2 Å². The van der Waals surface area contributed by atoms with Gasteiger partial charge in [0.25, 0.3) is 0 Å². The molecule has 0 saturated carbocycles. The van der Waals surface area contributed by atoms with Crippen LogP contribution in [0.2, 0.25) is 0 Å². The van der Waals surface area contributed by atoms with Crippen molar-refractivity contribution in [2.24, 2.45) is 5.92 Å². The summed E-state index contributed by atoms with van der Waals surface area (Å²) in [5.74, 6) is -0.0281. The molecule has 2 heteroatoms. The summed E-state index contributed by atoms with van der Waals surface area (Å²) in [5, 5.41) is 0. The van der Waals surface area contributed by atoms with Crippen molar-refractivity contribution in [2.45, 2.75) is 84.5 Å². The highest BCUT2D eigenvalue weighted by atomic mass is 16.5. The highest BCUT2D eigenvalue weighted by Crippen LogP contribution is 2.12. The summed E-state index contributed by atoms with van der Waals surface area (Å²) in [5.41, 5.74) is 0. The molecule has 0 heterocycles. The van der Waals surface area contributed by atoms with Crippen LogP contribution in [-0.2, 0) is 9.53 Å². The molecule has 0 aromatic carbocycles. The Morgan fingerprint density at radius 2 is 1.50 bits per heavy atom. The molecular weight excluding hydrogens is 272 g/mol. The Morgan fingerprint density at radius 1 is 0.909 bits per heavy atom. The van der Waals surface area contributed by atoms with Gasteiger partial charge < -0.3 is 4.74 Å². The van der Waals surface area contributed by atoms with Gasteiger partial charge in [0.1, 0.15) is 0 Å². The molecule has 0 saturated heterocycles. The van der Waals surface area contributed by atoms with E-state index in [1.165, 1.54) is 58.5 Å². The molecule has 0 spiro atoms. The van der Waals surface area contributed by atoms with Crippen molar-refractivity contribution in [3.63, 3.8) is 0 Å². The second-order valence-corrected chi connectivity index (χ2v) is 6.09. The van der Waals surface area contributed by atoms with Gasteiger partial charge in [-0.2, -0.15) is 0 Å². The number of hydrogen-bond donors (Lipinski definition) is 0. The van der Waals surface area contributed by atoms with Crippen LogP contribution in [0.3, 0.4) is 0 Å². The first-order valence-electron chi connectivity index (χ1n) is 9.10. The molecule has 0 fully saturated rings. The third-order valence-electron chi connectivity index (χ3n) is 3.94. The van der Waals surface area contributed by atoms with E-state index in [-0.39, 0.29) is 11.9 Å². The minimum atomic E-state index is -0.0781. The summed E-state index contributed by atoms with van der Waals surface area (Å²) in [6, 6.07) is 0. The standard InChI is InChI=1S/C20H36O2/c1-4-5-6-7-8-9-10-11-12-13-14-15-16-17-18-19(2)20(21)22-3/h8-9,11-12,19H,4-7,10,13-18H2,1-3H3/b9-8-,12-11-. The van der Waals surface area contributed by atoms with Crippen molar-refractivity contribution >= 4 is 5.97 Å². The third-order valence-corrected chi connectivity index (χ3v) is 3.94. The largest absolute Gasteiger partial charge is 0.469 e. The zero-order valence-electron chi connectivity index (χ0n) is 15.0. The minimum absolute atomic E-state index is 0.0500. The number of methoxy groups -OCH3 is 1. The van der Waals surface area contributed by atoms with Crippen molar-refractivity contribution in [2.75, 3.05) is 7.11 Å². The van der Waals surface area contributed by atoms with Gasteiger partial charge in [-0.3, -0.25) is 4.79 Å². The molecule has 0 aliphatic rings. The van der Waals surface area contributed by atoms with Crippen LogP contribution in [-0.4, -0.2) is 13.1 Å². The first-order chi connectivity index (χ1) is 10.7. The highest BCUT2D eigenvalue weighted by Gasteiger charge is 2.11. The van der Waals surface area contributed by atoms with Crippen LogP contribution < -0.4 is 0 Å². The molecule has 2 nitrogen and oxygen atoms in total. The number of hydrogen-bond acceptors (Lipinski definition) is 2. The maximum Gasteiger partial charge on any atom is 0.308 e. The number of unbranched alkanes of at least 4 members (excludes halogenated alkanes) is 7. The number of rotatable bonds is 14. The van der Waals surface area contributed by atoms with Gasteiger partial charge in [0, 0.05) is 0 Å². The average molecular weight is 309 g/mol. The predicted molar refractivity (Wildman–Crippen MR) is 95.9 cm³/mol. The normalized spacial score (nSPS) is 13.0. The van der Waals surface area contributed by atoms with Gasteiger partial charge in [0.05, 0.1) is 13.0 Å². The van der Waals surface area contributed by atoms with E-state index in [0.29, 0.717) is 0 Å². The van der Waals surface area contributed by atoms with Crippen molar-refractivity contribution in [1.82, 2.24) is 0 Å². The van der Waals surface area contributed by atoms with Crippen molar-refractivity contribution in [3.05, 3.63) is 24.3 Å². The lowest BCUT2D eigenvalue weighted by Crippen LogP contribution is -2.12. The number of carbonyl (C=O) groups excluding carboxylic acids is 1.